The SMILES string of the molecule is Cc1cn2c(n1)C(CNc1nc(C)nc3sc(C(=O)O)c(C)c13)CCC2. The lowest BCUT2D eigenvalue weighted by molar-refractivity contribution is 0.0701. The highest BCUT2D eigenvalue weighted by atomic mass is 32.1. The van der Waals surface area contributed by atoms with Crippen molar-refractivity contribution in [2.75, 3.05) is 11.9 Å². The Hall–Kier alpha value is -2.48. The Labute approximate surface area is 155 Å². The number of hydrogen-bond acceptors (Lipinski definition) is 6. The van der Waals surface area contributed by atoms with Crippen molar-refractivity contribution in [3.63, 3.8) is 0 Å². The number of nitrogens with one attached hydrogen (secondary N) is 1. The molecule has 0 bridgehead atoms. The lowest BCUT2D eigenvalue weighted by atomic mass is 9.99. The van der Waals surface area contributed by atoms with E-state index in [4.69, 9.17) is 0 Å². The number of imidazole rings is 1. The average Bonchev–Trinajstić information content (AvgIpc) is 3.12. The van der Waals surface area contributed by atoms with Crippen LogP contribution in [0.5, 0.6) is 0 Å². The summed E-state index contributed by atoms with van der Waals surface area (Å²) in [5.74, 6) is 1.88. The first-order valence-electron chi connectivity index (χ1n) is 8.72. The van der Waals surface area contributed by atoms with E-state index >= 15 is 0 Å². The molecule has 3 aromatic heterocycles. The Morgan fingerprint density at radius 3 is 2.92 bits per heavy atom. The number of nitrogens with zero attached hydrogens (tertiary/aromatic N) is 4. The van der Waals surface area contributed by atoms with Crippen LogP contribution in [0.15, 0.2) is 6.20 Å². The quantitative estimate of drug-likeness (QED) is 0.729. The number of carboxylic acid groups (broad SMARTS) is 1. The minimum Gasteiger partial charge on any atom is -0.477 e. The first kappa shape index (κ1) is 17.0. The van der Waals surface area contributed by atoms with Gasteiger partial charge in [0.1, 0.15) is 27.2 Å². The van der Waals surface area contributed by atoms with Gasteiger partial charge < -0.3 is 15.0 Å². The summed E-state index contributed by atoms with van der Waals surface area (Å²) in [5, 5.41) is 13.7. The molecule has 1 unspecified atom stereocenters. The van der Waals surface area contributed by atoms with Gasteiger partial charge in [0.05, 0.1) is 11.1 Å². The summed E-state index contributed by atoms with van der Waals surface area (Å²) < 4.78 is 2.24. The third kappa shape index (κ3) is 2.84. The molecule has 1 aliphatic rings. The van der Waals surface area contributed by atoms with Gasteiger partial charge in [-0.15, -0.1) is 11.3 Å². The van der Waals surface area contributed by atoms with E-state index in [0.717, 1.165) is 53.2 Å². The van der Waals surface area contributed by atoms with Gasteiger partial charge in [-0.25, -0.2) is 19.7 Å². The van der Waals surface area contributed by atoms with Crippen LogP contribution in [0.1, 0.15) is 51.3 Å². The molecule has 7 nitrogen and oxygen atoms in total. The number of aromatic carboxylic acids is 1. The number of thiophene rings is 1. The highest BCUT2D eigenvalue weighted by Crippen LogP contribution is 2.34. The van der Waals surface area contributed by atoms with Gasteiger partial charge >= 0.3 is 5.97 Å². The first-order valence-corrected chi connectivity index (χ1v) is 9.54. The summed E-state index contributed by atoms with van der Waals surface area (Å²) in [7, 11) is 0. The number of anilines is 1. The molecule has 0 amide bonds. The zero-order valence-electron chi connectivity index (χ0n) is 15.0. The minimum atomic E-state index is -0.918. The lowest BCUT2D eigenvalue weighted by Gasteiger charge is -2.24. The fraction of sp³-hybridized carbons (Fsp3) is 0.444. The molecule has 4 heterocycles. The molecule has 2 N–H and O–H groups in total. The molecule has 1 atom stereocenters. The first-order chi connectivity index (χ1) is 12.4. The van der Waals surface area contributed by atoms with Gasteiger partial charge in [0.15, 0.2) is 0 Å². The van der Waals surface area contributed by atoms with Crippen LogP contribution < -0.4 is 5.32 Å². The van der Waals surface area contributed by atoms with Gasteiger partial charge in [0.25, 0.3) is 0 Å². The van der Waals surface area contributed by atoms with E-state index in [2.05, 4.69) is 31.0 Å². The Morgan fingerprint density at radius 1 is 1.35 bits per heavy atom. The largest absolute Gasteiger partial charge is 0.477 e. The zero-order chi connectivity index (χ0) is 18.4. The molecule has 8 heteroatoms. The van der Waals surface area contributed by atoms with E-state index in [9.17, 15) is 9.90 Å². The maximum Gasteiger partial charge on any atom is 0.346 e. The summed E-state index contributed by atoms with van der Waals surface area (Å²) in [5.41, 5.74) is 1.77. The van der Waals surface area contributed by atoms with Crippen LogP contribution in [0.2, 0.25) is 0 Å². The minimum absolute atomic E-state index is 0.320. The van der Waals surface area contributed by atoms with Crippen LogP contribution in [-0.2, 0) is 6.54 Å². The Bertz CT molecular complexity index is 1010. The predicted octanol–water partition coefficient (Wildman–Crippen LogP) is 3.50. The van der Waals surface area contributed by atoms with Crippen LogP contribution in [0.25, 0.3) is 10.2 Å². The second-order valence-electron chi connectivity index (χ2n) is 6.81. The van der Waals surface area contributed by atoms with E-state index in [-0.39, 0.29) is 0 Å². The molecule has 0 spiro atoms. The Kier molecular flexibility index (Phi) is 4.14. The smallest absolute Gasteiger partial charge is 0.346 e. The molecule has 0 radical (unpaired) electrons. The van der Waals surface area contributed by atoms with Gasteiger partial charge in [-0.2, -0.15) is 0 Å². The number of hydrogen-bond donors (Lipinski definition) is 2. The molecule has 0 fully saturated rings. The number of aryl methyl sites for hydroxylation is 4. The molecule has 0 aromatic carbocycles. The van der Waals surface area contributed by atoms with Crippen molar-refractivity contribution in [1.29, 1.82) is 0 Å². The third-order valence-electron chi connectivity index (χ3n) is 4.86. The standard InChI is InChI=1S/C18H21N5O2S/c1-9-8-23-6-4-5-12(16(23)20-9)7-19-15-13-10(2)14(18(24)25)26-17(13)22-11(3)21-15/h8,12H,4-7H2,1-3H3,(H,24,25)(H,19,21,22). The number of fused-ring (bicyclic) bond motifs is 2. The van der Waals surface area contributed by atoms with Gasteiger partial charge in [-0.1, -0.05) is 0 Å². The Morgan fingerprint density at radius 2 is 2.15 bits per heavy atom. The molecular formula is C18H21N5O2S. The Balaban J connectivity index is 1.67. The van der Waals surface area contributed by atoms with Crippen molar-refractivity contribution in [1.82, 2.24) is 19.5 Å². The summed E-state index contributed by atoms with van der Waals surface area (Å²) in [6.45, 7) is 7.42. The lowest BCUT2D eigenvalue weighted by Crippen LogP contribution is -2.22. The zero-order valence-corrected chi connectivity index (χ0v) is 15.9. The summed E-state index contributed by atoms with van der Waals surface area (Å²) in [6.07, 6.45) is 4.32. The summed E-state index contributed by atoms with van der Waals surface area (Å²) in [4.78, 5) is 26.2. The fourth-order valence-electron chi connectivity index (χ4n) is 3.70. The van der Waals surface area contributed by atoms with Crippen LogP contribution in [0, 0.1) is 20.8 Å². The highest BCUT2D eigenvalue weighted by molar-refractivity contribution is 7.20. The second kappa shape index (κ2) is 6.35. The molecule has 1 aliphatic heterocycles. The molecule has 0 saturated heterocycles. The van der Waals surface area contributed by atoms with E-state index < -0.39 is 5.97 Å². The van der Waals surface area contributed by atoms with Crippen molar-refractivity contribution in [3.8, 4) is 0 Å². The van der Waals surface area contributed by atoms with Crippen molar-refractivity contribution >= 4 is 33.3 Å². The van der Waals surface area contributed by atoms with Crippen molar-refractivity contribution in [2.24, 2.45) is 0 Å². The summed E-state index contributed by atoms with van der Waals surface area (Å²) in [6, 6.07) is 0. The number of carboxylic acids is 1. The van der Waals surface area contributed by atoms with Crippen LogP contribution in [-0.4, -0.2) is 37.1 Å². The predicted molar refractivity (Wildman–Crippen MR) is 101 cm³/mol. The molecule has 0 aliphatic carbocycles. The van der Waals surface area contributed by atoms with Gasteiger partial charge in [-0.05, 0) is 39.2 Å². The van der Waals surface area contributed by atoms with E-state index in [0.29, 0.717) is 22.4 Å². The number of aromatic nitrogens is 4. The maximum atomic E-state index is 11.5. The monoisotopic (exact) mass is 371 g/mol. The molecule has 4 rings (SSSR count). The topological polar surface area (TPSA) is 92.9 Å². The van der Waals surface area contributed by atoms with Gasteiger partial charge in [0, 0.05) is 25.2 Å². The molecule has 3 aromatic rings. The van der Waals surface area contributed by atoms with E-state index in [1.807, 2.05) is 20.8 Å². The van der Waals surface area contributed by atoms with Crippen LogP contribution in [0.4, 0.5) is 5.82 Å². The second-order valence-corrected chi connectivity index (χ2v) is 7.81. The van der Waals surface area contributed by atoms with Crippen LogP contribution >= 0.6 is 11.3 Å². The highest BCUT2D eigenvalue weighted by Gasteiger charge is 2.24. The molecular weight excluding hydrogens is 350 g/mol. The molecule has 0 saturated carbocycles. The third-order valence-corrected chi connectivity index (χ3v) is 6.03. The number of carbonyl (C=O) groups is 1. The van der Waals surface area contributed by atoms with Crippen LogP contribution in [0.3, 0.4) is 0 Å². The molecule has 136 valence electrons. The van der Waals surface area contributed by atoms with Gasteiger partial charge in [0.2, 0.25) is 0 Å². The normalized spacial score (nSPS) is 16.7. The van der Waals surface area contributed by atoms with Crippen molar-refractivity contribution in [3.05, 3.63) is 34.0 Å². The van der Waals surface area contributed by atoms with E-state index in [1.54, 1.807) is 0 Å². The van der Waals surface area contributed by atoms with E-state index in [1.165, 1.54) is 11.3 Å². The van der Waals surface area contributed by atoms with Gasteiger partial charge in [-0.3, -0.25) is 0 Å². The van der Waals surface area contributed by atoms with Crippen molar-refractivity contribution in [2.45, 2.75) is 46.1 Å². The maximum absolute atomic E-state index is 11.5. The fourth-order valence-corrected chi connectivity index (χ4v) is 4.76. The number of rotatable bonds is 4. The summed E-state index contributed by atoms with van der Waals surface area (Å²) >= 11 is 1.21. The van der Waals surface area contributed by atoms with Crippen molar-refractivity contribution < 1.29 is 9.90 Å². The average molecular weight is 371 g/mol. The molecule has 26 heavy (non-hydrogen) atoms.